The molecule has 1 rings (SSSR count). The predicted molar refractivity (Wildman–Crippen MR) is 39.9 cm³/mol. The molecule has 0 aromatic carbocycles. The Balaban J connectivity index is 2.24. The zero-order chi connectivity index (χ0) is 6.69. The Kier molecular flexibility index (Phi) is 2.52. The van der Waals surface area contributed by atoms with Gasteiger partial charge in [-0.3, -0.25) is 0 Å². The predicted octanol–water partition coefficient (Wildman–Crippen LogP) is 1.73. The Labute approximate surface area is 57.6 Å². The summed E-state index contributed by atoms with van der Waals surface area (Å²) in [5, 5.41) is 0. The molecule has 0 aliphatic heterocycles. The monoisotopic (exact) mass is 126 g/mol. The third-order valence-electron chi connectivity index (χ3n) is 2.34. The lowest BCUT2D eigenvalue weighted by Gasteiger charge is -2.15. The number of nitrogens with two attached hydrogens (primary N) is 1. The molecule has 1 aliphatic carbocycles. The molecule has 53 valence electrons. The molecule has 0 aromatic rings. The van der Waals surface area contributed by atoms with Crippen molar-refractivity contribution in [1.82, 2.24) is 0 Å². The molecular weight excluding hydrogens is 110 g/mol. The molecular formula is C8H16N. The molecule has 0 saturated heterocycles. The lowest BCUT2D eigenvalue weighted by molar-refractivity contribution is 0.433. The Bertz CT molecular complexity index is 74.6. The Morgan fingerprint density at radius 1 is 1.44 bits per heavy atom. The fraction of sp³-hybridized carbons (Fsp3) is 0.875. The molecule has 0 spiro atoms. The first-order valence-electron chi connectivity index (χ1n) is 3.89. The van der Waals surface area contributed by atoms with Crippen LogP contribution in [0.3, 0.4) is 0 Å². The third kappa shape index (κ3) is 1.68. The van der Waals surface area contributed by atoms with Crippen LogP contribution in [-0.4, -0.2) is 6.04 Å². The number of rotatable bonds is 2. The van der Waals surface area contributed by atoms with Crippen LogP contribution in [0.25, 0.3) is 0 Å². The molecule has 1 heteroatoms. The highest BCUT2D eigenvalue weighted by atomic mass is 14.6. The highest BCUT2D eigenvalue weighted by molar-refractivity contribution is 4.77. The van der Waals surface area contributed by atoms with Crippen LogP contribution in [-0.2, 0) is 0 Å². The molecule has 0 aromatic heterocycles. The number of hydrogen-bond acceptors (Lipinski definition) is 1. The second-order valence-electron chi connectivity index (χ2n) is 3.00. The van der Waals surface area contributed by atoms with Gasteiger partial charge < -0.3 is 5.73 Å². The summed E-state index contributed by atoms with van der Waals surface area (Å²) in [5.41, 5.74) is 5.82. The Morgan fingerprint density at radius 2 is 2.00 bits per heavy atom. The van der Waals surface area contributed by atoms with Crippen molar-refractivity contribution >= 4 is 0 Å². The van der Waals surface area contributed by atoms with Gasteiger partial charge in [0.2, 0.25) is 0 Å². The minimum Gasteiger partial charge on any atom is -0.327 e. The third-order valence-corrected chi connectivity index (χ3v) is 2.34. The van der Waals surface area contributed by atoms with E-state index < -0.39 is 0 Å². The zero-order valence-corrected chi connectivity index (χ0v) is 5.97. The molecule has 1 radical (unpaired) electrons. The van der Waals surface area contributed by atoms with Gasteiger partial charge in [-0.1, -0.05) is 19.8 Å². The van der Waals surface area contributed by atoms with Gasteiger partial charge in [0, 0.05) is 6.04 Å². The standard InChI is InChI=1S/C8H16N/c1-2-8(9)7-5-3-4-6-7/h7-8H,1-6,9H2. The highest BCUT2D eigenvalue weighted by Crippen LogP contribution is 2.27. The van der Waals surface area contributed by atoms with Gasteiger partial charge in [0.15, 0.2) is 0 Å². The van der Waals surface area contributed by atoms with Gasteiger partial charge in [-0.25, -0.2) is 0 Å². The van der Waals surface area contributed by atoms with Crippen molar-refractivity contribution in [2.24, 2.45) is 11.7 Å². The van der Waals surface area contributed by atoms with Crippen LogP contribution in [0.4, 0.5) is 0 Å². The van der Waals surface area contributed by atoms with E-state index in [9.17, 15) is 0 Å². The largest absolute Gasteiger partial charge is 0.327 e. The molecule has 1 unspecified atom stereocenters. The van der Waals surface area contributed by atoms with Gasteiger partial charge in [-0.2, -0.15) is 0 Å². The molecule has 2 N–H and O–H groups in total. The molecule has 1 atom stereocenters. The van der Waals surface area contributed by atoms with Crippen LogP contribution < -0.4 is 5.73 Å². The van der Waals surface area contributed by atoms with E-state index in [0.717, 1.165) is 12.3 Å². The van der Waals surface area contributed by atoms with Gasteiger partial charge >= 0.3 is 0 Å². The minimum atomic E-state index is 0.382. The van der Waals surface area contributed by atoms with Crippen molar-refractivity contribution in [1.29, 1.82) is 0 Å². The van der Waals surface area contributed by atoms with Crippen LogP contribution in [0.2, 0.25) is 0 Å². The lowest BCUT2D eigenvalue weighted by atomic mass is 9.97. The van der Waals surface area contributed by atoms with Crippen molar-refractivity contribution in [3.05, 3.63) is 6.92 Å². The maximum absolute atomic E-state index is 5.82. The van der Waals surface area contributed by atoms with Gasteiger partial charge in [-0.05, 0) is 25.2 Å². The van der Waals surface area contributed by atoms with Crippen LogP contribution in [0.5, 0.6) is 0 Å². The fourth-order valence-corrected chi connectivity index (χ4v) is 1.62. The van der Waals surface area contributed by atoms with E-state index in [4.69, 9.17) is 5.73 Å². The van der Waals surface area contributed by atoms with Crippen molar-refractivity contribution in [3.8, 4) is 0 Å². The van der Waals surface area contributed by atoms with E-state index in [1.54, 1.807) is 0 Å². The first-order valence-corrected chi connectivity index (χ1v) is 3.89. The Hall–Kier alpha value is -0.0400. The van der Waals surface area contributed by atoms with E-state index in [1.165, 1.54) is 25.7 Å². The van der Waals surface area contributed by atoms with Gasteiger partial charge in [0.1, 0.15) is 0 Å². The fourth-order valence-electron chi connectivity index (χ4n) is 1.62. The first-order chi connectivity index (χ1) is 4.34. The maximum Gasteiger partial charge on any atom is 0.00671 e. The molecule has 1 saturated carbocycles. The molecule has 9 heavy (non-hydrogen) atoms. The molecule has 1 nitrogen and oxygen atoms in total. The van der Waals surface area contributed by atoms with Crippen LogP contribution in [0, 0.1) is 12.8 Å². The van der Waals surface area contributed by atoms with Crippen LogP contribution in [0.15, 0.2) is 0 Å². The minimum absolute atomic E-state index is 0.382. The summed E-state index contributed by atoms with van der Waals surface area (Å²) in [6, 6.07) is 0.382. The van der Waals surface area contributed by atoms with Crippen molar-refractivity contribution in [3.63, 3.8) is 0 Å². The van der Waals surface area contributed by atoms with E-state index in [-0.39, 0.29) is 0 Å². The normalized spacial score (nSPS) is 24.7. The topological polar surface area (TPSA) is 26.0 Å². The molecule has 0 heterocycles. The van der Waals surface area contributed by atoms with Crippen molar-refractivity contribution in [2.75, 3.05) is 0 Å². The molecule has 1 fully saturated rings. The summed E-state index contributed by atoms with van der Waals surface area (Å²) in [5.74, 6) is 0.794. The van der Waals surface area contributed by atoms with Crippen LogP contribution >= 0.6 is 0 Å². The first kappa shape index (κ1) is 7.07. The summed E-state index contributed by atoms with van der Waals surface area (Å²) < 4.78 is 0. The average Bonchev–Trinajstić information content (AvgIpc) is 2.37. The smallest absolute Gasteiger partial charge is 0.00671 e. The summed E-state index contributed by atoms with van der Waals surface area (Å²) in [4.78, 5) is 0. The second kappa shape index (κ2) is 3.21. The zero-order valence-electron chi connectivity index (χ0n) is 5.97. The maximum atomic E-state index is 5.82. The average molecular weight is 126 g/mol. The SMILES string of the molecule is [CH2]CC(N)C1CCCC1. The molecule has 0 amide bonds. The molecule has 0 bridgehead atoms. The lowest BCUT2D eigenvalue weighted by Crippen LogP contribution is -2.27. The van der Waals surface area contributed by atoms with Crippen molar-refractivity contribution in [2.45, 2.75) is 38.1 Å². The van der Waals surface area contributed by atoms with Crippen molar-refractivity contribution < 1.29 is 0 Å². The van der Waals surface area contributed by atoms with Crippen LogP contribution in [0.1, 0.15) is 32.1 Å². The second-order valence-corrected chi connectivity index (χ2v) is 3.00. The van der Waals surface area contributed by atoms with Gasteiger partial charge in [-0.15, -0.1) is 0 Å². The van der Waals surface area contributed by atoms with E-state index in [2.05, 4.69) is 6.92 Å². The summed E-state index contributed by atoms with van der Waals surface area (Å²) in [6.07, 6.45) is 6.37. The summed E-state index contributed by atoms with van der Waals surface area (Å²) in [6.45, 7) is 3.81. The molecule has 1 aliphatic rings. The Morgan fingerprint density at radius 3 is 2.44 bits per heavy atom. The van der Waals surface area contributed by atoms with Gasteiger partial charge in [0.05, 0.1) is 0 Å². The van der Waals surface area contributed by atoms with E-state index in [0.29, 0.717) is 6.04 Å². The summed E-state index contributed by atoms with van der Waals surface area (Å²) >= 11 is 0. The quantitative estimate of drug-likeness (QED) is 0.599. The summed E-state index contributed by atoms with van der Waals surface area (Å²) in [7, 11) is 0. The highest BCUT2D eigenvalue weighted by Gasteiger charge is 2.19. The van der Waals surface area contributed by atoms with E-state index >= 15 is 0 Å². The number of hydrogen-bond donors (Lipinski definition) is 1. The van der Waals surface area contributed by atoms with Gasteiger partial charge in [0.25, 0.3) is 0 Å². The van der Waals surface area contributed by atoms with E-state index in [1.807, 2.05) is 0 Å².